The molecule has 1 saturated carbocycles. The third kappa shape index (κ3) is 4.92. The number of hydrogen-bond acceptors (Lipinski definition) is 8. The maximum Gasteiger partial charge on any atom is 0.271 e. The van der Waals surface area contributed by atoms with Crippen molar-refractivity contribution in [2.45, 2.75) is 56.7 Å². The molecule has 1 fully saturated rings. The molecule has 10 nitrogen and oxygen atoms in total. The zero-order valence-corrected chi connectivity index (χ0v) is 20.0. The number of nitrogens with one attached hydrogen (secondary N) is 2. The molecular weight excluding hydrogens is 463 g/mol. The van der Waals surface area contributed by atoms with Gasteiger partial charge in [-0.25, -0.2) is 19.3 Å². The van der Waals surface area contributed by atoms with E-state index in [1.54, 1.807) is 12.5 Å². The Morgan fingerprint density at radius 2 is 2.08 bits per heavy atom. The third-order valence-electron chi connectivity index (χ3n) is 6.89. The van der Waals surface area contributed by atoms with Crippen molar-refractivity contribution in [1.29, 1.82) is 0 Å². The molecule has 1 amide bonds. The van der Waals surface area contributed by atoms with Gasteiger partial charge in [0.05, 0.1) is 30.0 Å². The minimum Gasteiger partial charge on any atom is -0.400 e. The molecule has 0 saturated heterocycles. The number of amides is 1. The number of anilines is 1. The van der Waals surface area contributed by atoms with Gasteiger partial charge in [0.2, 0.25) is 0 Å². The number of carbonyl (C=O) groups excluding carboxylic acids is 1. The molecule has 0 bridgehead atoms. The number of imidazole rings is 1. The fourth-order valence-corrected chi connectivity index (χ4v) is 4.83. The highest BCUT2D eigenvalue weighted by molar-refractivity contribution is 5.92. The summed E-state index contributed by atoms with van der Waals surface area (Å²) in [6.07, 6.45) is 11.0. The zero-order chi connectivity index (χ0) is 25.3. The Morgan fingerprint density at radius 1 is 1.28 bits per heavy atom. The van der Waals surface area contributed by atoms with Crippen molar-refractivity contribution < 1.29 is 14.3 Å². The number of pyridine rings is 1. The van der Waals surface area contributed by atoms with Crippen LogP contribution >= 0.6 is 0 Å². The summed E-state index contributed by atoms with van der Waals surface area (Å²) < 4.78 is 14.2. The second-order valence-corrected chi connectivity index (χ2v) is 9.63. The molecular formula is C25H29FN8O2. The van der Waals surface area contributed by atoms with Crippen LogP contribution in [0.3, 0.4) is 0 Å². The number of aromatic nitrogens is 5. The Hall–Kier alpha value is -3.86. The van der Waals surface area contributed by atoms with E-state index in [1.165, 1.54) is 30.6 Å². The summed E-state index contributed by atoms with van der Waals surface area (Å²) in [5, 5.41) is 13.1. The summed E-state index contributed by atoms with van der Waals surface area (Å²) >= 11 is 0. The lowest BCUT2D eigenvalue weighted by atomic mass is 9.83. The number of carbonyl (C=O) groups is 1. The number of rotatable bonds is 5. The maximum atomic E-state index is 14.2. The minimum atomic E-state index is -0.666. The predicted molar refractivity (Wildman–Crippen MR) is 131 cm³/mol. The molecule has 0 spiro atoms. The van der Waals surface area contributed by atoms with E-state index in [0.717, 1.165) is 11.4 Å². The van der Waals surface area contributed by atoms with Crippen LogP contribution in [0.4, 0.5) is 10.2 Å². The van der Waals surface area contributed by atoms with Crippen LogP contribution in [0.2, 0.25) is 0 Å². The highest BCUT2D eigenvalue weighted by Crippen LogP contribution is 2.35. The SMILES string of the molecule is CC1(O)CCC(NC(=O)c2cnc(N3CCc4[nH]cnc4[C@H]3/C(N)=C/c3ncccc3F)cn2)CC1. The standard InChI is InChI=1S/C25H29FN8O2/c1-25(36)7-4-15(5-8-25)33-24(35)20-12-30-21(13-29-20)34-10-6-18-22(32-14-31-18)23(34)17(27)11-19-16(26)3-2-9-28-19/h2-3,9,11-15,23,36H,4-8,10,27H2,1H3,(H,31,32)(H,33,35)/b17-11-/t15?,23-,25?/m1/s1. The quantitative estimate of drug-likeness (QED) is 0.424. The largest absolute Gasteiger partial charge is 0.400 e. The van der Waals surface area contributed by atoms with Crippen molar-refractivity contribution in [2.75, 3.05) is 11.4 Å². The summed E-state index contributed by atoms with van der Waals surface area (Å²) in [5.74, 6) is -0.242. The van der Waals surface area contributed by atoms with E-state index in [0.29, 0.717) is 50.2 Å². The molecule has 11 heteroatoms. The van der Waals surface area contributed by atoms with Crippen LogP contribution in [0.5, 0.6) is 0 Å². The molecule has 188 valence electrons. The molecule has 0 unspecified atom stereocenters. The first-order chi connectivity index (χ1) is 17.3. The average molecular weight is 493 g/mol. The molecule has 5 rings (SSSR count). The minimum absolute atomic E-state index is 0.000639. The van der Waals surface area contributed by atoms with E-state index < -0.39 is 17.5 Å². The van der Waals surface area contributed by atoms with Crippen molar-refractivity contribution >= 4 is 17.8 Å². The van der Waals surface area contributed by atoms with Gasteiger partial charge in [0.15, 0.2) is 0 Å². The van der Waals surface area contributed by atoms with Crippen LogP contribution in [0.25, 0.3) is 6.08 Å². The summed E-state index contributed by atoms with van der Waals surface area (Å²) in [4.78, 5) is 35.2. The number of hydrogen-bond donors (Lipinski definition) is 4. The molecule has 1 atom stereocenters. The van der Waals surface area contributed by atoms with Gasteiger partial charge >= 0.3 is 0 Å². The Kier molecular flexibility index (Phi) is 6.40. The van der Waals surface area contributed by atoms with Gasteiger partial charge < -0.3 is 26.0 Å². The maximum absolute atomic E-state index is 14.2. The van der Waals surface area contributed by atoms with Crippen LogP contribution in [0.15, 0.2) is 42.7 Å². The summed E-state index contributed by atoms with van der Waals surface area (Å²) in [5.41, 5.74) is 8.20. The average Bonchev–Trinajstić information content (AvgIpc) is 3.35. The number of H-pyrrole nitrogens is 1. The van der Waals surface area contributed by atoms with E-state index in [-0.39, 0.29) is 23.3 Å². The van der Waals surface area contributed by atoms with Gasteiger partial charge in [0.1, 0.15) is 29.1 Å². The van der Waals surface area contributed by atoms with Crippen molar-refractivity contribution in [1.82, 2.24) is 30.2 Å². The van der Waals surface area contributed by atoms with Crippen LogP contribution in [0, 0.1) is 5.82 Å². The lowest BCUT2D eigenvalue weighted by Gasteiger charge is -2.36. The zero-order valence-electron chi connectivity index (χ0n) is 20.0. The highest BCUT2D eigenvalue weighted by Gasteiger charge is 2.33. The van der Waals surface area contributed by atoms with Gasteiger partial charge in [-0.15, -0.1) is 0 Å². The molecule has 3 aromatic heterocycles. The number of nitrogens with zero attached hydrogens (tertiary/aromatic N) is 5. The van der Waals surface area contributed by atoms with Crippen molar-refractivity contribution in [3.05, 3.63) is 71.3 Å². The fraction of sp³-hybridized carbons (Fsp3) is 0.400. The summed E-state index contributed by atoms with van der Waals surface area (Å²) in [7, 11) is 0. The van der Waals surface area contributed by atoms with Crippen LogP contribution < -0.4 is 16.0 Å². The van der Waals surface area contributed by atoms with E-state index in [9.17, 15) is 14.3 Å². The van der Waals surface area contributed by atoms with Crippen molar-refractivity contribution in [3.8, 4) is 0 Å². The monoisotopic (exact) mass is 492 g/mol. The van der Waals surface area contributed by atoms with Gasteiger partial charge in [0.25, 0.3) is 5.91 Å². The Balaban J connectivity index is 1.36. The molecule has 1 aliphatic heterocycles. The van der Waals surface area contributed by atoms with Crippen LogP contribution in [-0.2, 0) is 6.42 Å². The number of aromatic amines is 1. The van der Waals surface area contributed by atoms with Gasteiger partial charge in [-0.3, -0.25) is 9.78 Å². The molecule has 5 N–H and O–H groups in total. The first-order valence-corrected chi connectivity index (χ1v) is 12.0. The first kappa shape index (κ1) is 23.9. The van der Waals surface area contributed by atoms with Crippen molar-refractivity contribution in [2.24, 2.45) is 5.73 Å². The second-order valence-electron chi connectivity index (χ2n) is 9.63. The van der Waals surface area contributed by atoms with Gasteiger partial charge in [-0.2, -0.15) is 0 Å². The number of aliphatic hydroxyl groups is 1. The Bertz CT molecular complexity index is 1260. The lowest BCUT2D eigenvalue weighted by molar-refractivity contribution is 0.0140. The molecule has 1 aliphatic carbocycles. The van der Waals surface area contributed by atoms with Gasteiger partial charge in [-0.1, -0.05) is 0 Å². The Morgan fingerprint density at radius 3 is 2.81 bits per heavy atom. The molecule has 0 aromatic carbocycles. The molecule has 3 aromatic rings. The number of nitrogens with two attached hydrogens (primary N) is 1. The van der Waals surface area contributed by atoms with Crippen molar-refractivity contribution in [3.63, 3.8) is 0 Å². The summed E-state index contributed by atoms with van der Waals surface area (Å²) in [6.45, 7) is 2.39. The van der Waals surface area contributed by atoms with Gasteiger partial charge in [-0.05, 0) is 50.8 Å². The smallest absolute Gasteiger partial charge is 0.271 e. The first-order valence-electron chi connectivity index (χ1n) is 12.0. The topological polar surface area (TPSA) is 146 Å². The molecule has 2 aliphatic rings. The van der Waals surface area contributed by atoms with E-state index in [2.05, 4.69) is 30.2 Å². The number of fused-ring (bicyclic) bond motifs is 1. The normalized spacial score (nSPS) is 24.3. The Labute approximate surface area is 207 Å². The number of halogens is 1. The predicted octanol–water partition coefficient (Wildman–Crippen LogP) is 2.26. The second kappa shape index (κ2) is 9.65. The molecule has 0 radical (unpaired) electrons. The fourth-order valence-electron chi connectivity index (χ4n) is 4.83. The lowest BCUT2D eigenvalue weighted by Crippen LogP contribution is -2.42. The van der Waals surface area contributed by atoms with Gasteiger partial charge in [0, 0.05) is 36.6 Å². The molecule has 36 heavy (non-hydrogen) atoms. The highest BCUT2D eigenvalue weighted by atomic mass is 19.1. The van der Waals surface area contributed by atoms with Crippen LogP contribution in [-0.4, -0.2) is 54.1 Å². The summed E-state index contributed by atoms with van der Waals surface area (Å²) in [6, 6.07) is 2.34. The van der Waals surface area contributed by atoms with E-state index in [4.69, 9.17) is 5.73 Å². The third-order valence-corrected chi connectivity index (χ3v) is 6.89. The van der Waals surface area contributed by atoms with E-state index >= 15 is 0 Å². The van der Waals surface area contributed by atoms with Crippen LogP contribution in [0.1, 0.15) is 66.2 Å². The molecule has 4 heterocycles. The van der Waals surface area contributed by atoms with E-state index in [1.807, 2.05) is 11.8 Å².